The predicted molar refractivity (Wildman–Crippen MR) is 498 cm³/mol. The zero-order chi connectivity index (χ0) is 95.8. The molecule has 1 N–H and O–H groups in total. The highest BCUT2D eigenvalue weighted by atomic mass is 16.6. The number of unbranched alkanes of at least 4 members (excludes halogenated alkanes) is 5. The van der Waals surface area contributed by atoms with Crippen LogP contribution in [0.3, 0.4) is 0 Å². The summed E-state index contributed by atoms with van der Waals surface area (Å²) in [6.07, 6.45) is 9.02. The summed E-state index contributed by atoms with van der Waals surface area (Å²) < 4.78 is 221. The lowest BCUT2D eigenvalue weighted by Gasteiger charge is -2.09. The van der Waals surface area contributed by atoms with Crippen LogP contribution in [0, 0.1) is 0 Å². The van der Waals surface area contributed by atoms with Gasteiger partial charge in [0.2, 0.25) is 0 Å². The molecule has 0 aliphatic heterocycles. The van der Waals surface area contributed by atoms with Gasteiger partial charge < -0.3 is 195 Å². The van der Waals surface area contributed by atoms with Crippen LogP contribution in [0.1, 0.15) is 51.0 Å². The average molecular weight is 1970 g/mol. The van der Waals surface area contributed by atoms with Gasteiger partial charge in [0.25, 0.3) is 0 Å². The monoisotopic (exact) mass is 1970 g/mol. The van der Waals surface area contributed by atoms with Gasteiger partial charge in [0.05, 0.1) is 522 Å². The molecule has 1 rings (SSSR count). The molecule has 0 radical (unpaired) electrons. The zero-order valence-electron chi connectivity index (χ0n) is 82.6. The molecule has 41 nitrogen and oxygen atoms in total. The number of aryl methyl sites for hydroxylation is 1. The van der Waals surface area contributed by atoms with Crippen LogP contribution in [0.15, 0.2) is 24.3 Å². The van der Waals surface area contributed by atoms with Crippen molar-refractivity contribution >= 4 is 0 Å². The summed E-state index contributed by atoms with van der Waals surface area (Å²) in [5.41, 5.74) is 1.37. The number of benzene rings is 1. The van der Waals surface area contributed by atoms with E-state index in [2.05, 4.69) is 19.1 Å². The molecule has 0 aromatic heterocycles. The summed E-state index contributed by atoms with van der Waals surface area (Å²) in [4.78, 5) is 0. The molecule has 0 amide bonds. The first-order chi connectivity index (χ1) is 67.4. The lowest BCUT2D eigenvalue weighted by Crippen LogP contribution is -2.16. The molecule has 41 heteroatoms. The van der Waals surface area contributed by atoms with Gasteiger partial charge in [0, 0.05) is 0 Å². The van der Waals surface area contributed by atoms with Crippen LogP contribution in [0.2, 0.25) is 0 Å². The van der Waals surface area contributed by atoms with Gasteiger partial charge >= 0.3 is 0 Å². The van der Waals surface area contributed by atoms with Gasteiger partial charge in [-0.3, -0.25) is 0 Å². The summed E-state index contributed by atoms with van der Waals surface area (Å²) in [5, 5.41) is 8.63. The number of hydrogen-bond acceptors (Lipinski definition) is 41. The zero-order valence-corrected chi connectivity index (χ0v) is 82.6. The fourth-order valence-corrected chi connectivity index (χ4v) is 10.6. The van der Waals surface area contributed by atoms with Crippen molar-refractivity contribution in [2.45, 2.75) is 51.9 Å². The fraction of sp³-hybridized carbons (Fsp3) is 0.936. The van der Waals surface area contributed by atoms with E-state index in [1.807, 2.05) is 12.1 Å². The summed E-state index contributed by atoms with van der Waals surface area (Å²) in [6, 6.07) is 8.43. The van der Waals surface area contributed by atoms with Gasteiger partial charge in [-0.2, -0.15) is 0 Å². The van der Waals surface area contributed by atoms with E-state index < -0.39 is 0 Å². The van der Waals surface area contributed by atoms with Crippen LogP contribution in [-0.4, -0.2) is 534 Å². The molecule has 135 heavy (non-hydrogen) atoms. The quantitative estimate of drug-likeness (QED) is 0.0870. The number of aliphatic hydroxyl groups is 1. The summed E-state index contributed by atoms with van der Waals surface area (Å²) in [5.74, 6) is 0.877. The SMILES string of the molecule is CCCCCCCCc1ccc(OCCOCCOCCOCCOCCOCCOCCOCCOCCOCCOCCOCCOCCOCCOCCOCCOCCOCCOCCOCCOCCOCCOCCOCCOCCOCCOCCOCCOCCOCCOCCOCCOCCOCCOCCOCCOCCOCCOCCOCCO)cc1. The third-order valence-corrected chi connectivity index (χ3v) is 17.6. The van der Waals surface area contributed by atoms with Gasteiger partial charge in [0.15, 0.2) is 0 Å². The van der Waals surface area contributed by atoms with Crippen molar-refractivity contribution in [3.8, 4) is 5.75 Å². The average Bonchev–Trinajstić information content (AvgIpc) is 0.912. The van der Waals surface area contributed by atoms with E-state index in [-0.39, 0.29) is 6.61 Å². The van der Waals surface area contributed by atoms with Crippen molar-refractivity contribution in [3.05, 3.63) is 29.8 Å². The Hall–Kier alpha value is -2.58. The first-order valence-electron chi connectivity index (χ1n) is 49.2. The number of rotatable bonds is 127. The van der Waals surface area contributed by atoms with E-state index in [1.54, 1.807) is 0 Å². The molecule has 0 bridgehead atoms. The molecule has 0 fully saturated rings. The molecule has 0 heterocycles. The van der Waals surface area contributed by atoms with Crippen LogP contribution in [0.4, 0.5) is 0 Å². The van der Waals surface area contributed by atoms with Crippen LogP contribution in [-0.2, 0) is 191 Å². The number of hydrogen-bond donors (Lipinski definition) is 1. The lowest BCUT2D eigenvalue weighted by molar-refractivity contribution is -0.0328. The largest absolute Gasteiger partial charge is 0.491 e. The highest BCUT2D eigenvalue weighted by molar-refractivity contribution is 5.27. The Bertz CT molecular complexity index is 2140. The molecular weight excluding hydrogens is 1780 g/mol. The predicted octanol–water partition coefficient (Wildman–Crippen LogP) is 4.61. The second-order valence-corrected chi connectivity index (χ2v) is 28.6. The summed E-state index contributed by atoms with van der Waals surface area (Å²) in [7, 11) is 0. The first kappa shape index (κ1) is 130. The Morgan fingerprint density at radius 2 is 0.244 bits per heavy atom. The van der Waals surface area contributed by atoms with Crippen LogP contribution in [0.5, 0.6) is 5.75 Å². The van der Waals surface area contributed by atoms with E-state index in [4.69, 9.17) is 195 Å². The molecular formula is C94H182O41. The van der Waals surface area contributed by atoms with Crippen molar-refractivity contribution in [3.63, 3.8) is 0 Å². The Morgan fingerprint density at radius 1 is 0.133 bits per heavy atom. The Balaban J connectivity index is 1.59. The van der Waals surface area contributed by atoms with Gasteiger partial charge in [-0.1, -0.05) is 51.2 Å². The van der Waals surface area contributed by atoms with Gasteiger partial charge in [0.1, 0.15) is 12.4 Å². The molecule has 1 aromatic rings. The number of ether oxygens (including phenoxy) is 40. The molecule has 0 saturated carbocycles. The Labute approximate surface area is 807 Å². The second-order valence-electron chi connectivity index (χ2n) is 28.6. The molecule has 0 unspecified atom stereocenters. The minimum atomic E-state index is 0.0148. The van der Waals surface area contributed by atoms with Gasteiger partial charge in [-0.05, 0) is 30.5 Å². The highest BCUT2D eigenvalue weighted by Gasteiger charge is 2.07. The van der Waals surface area contributed by atoms with Crippen molar-refractivity contribution in [2.75, 3.05) is 529 Å². The molecule has 0 aliphatic carbocycles. The van der Waals surface area contributed by atoms with E-state index in [0.29, 0.717) is 522 Å². The smallest absolute Gasteiger partial charge is 0.119 e. The third-order valence-electron chi connectivity index (χ3n) is 17.6. The maximum atomic E-state index is 8.63. The topological polar surface area (TPSA) is 389 Å². The van der Waals surface area contributed by atoms with Crippen molar-refractivity contribution in [2.24, 2.45) is 0 Å². The molecule has 804 valence electrons. The van der Waals surface area contributed by atoms with E-state index in [9.17, 15) is 0 Å². The van der Waals surface area contributed by atoms with Crippen LogP contribution in [0.25, 0.3) is 0 Å². The minimum Gasteiger partial charge on any atom is -0.491 e. The molecule has 0 aliphatic rings. The standard InChI is InChI=1S/C94H182O41/c1-2-3-4-5-6-7-8-93-9-11-94(12-10-93)135-92-91-134-90-89-133-88-87-132-86-85-131-84-83-130-82-81-129-80-79-128-78-77-127-76-75-126-74-73-125-72-71-124-70-69-123-68-67-122-66-65-121-64-63-120-62-61-119-60-59-118-58-57-117-56-55-116-54-53-115-52-51-114-50-49-113-48-47-112-46-45-111-44-43-110-42-41-109-40-39-108-38-37-107-36-35-106-34-33-105-32-31-104-30-29-103-28-27-102-26-25-101-24-23-100-22-21-99-20-19-98-18-17-97-16-15-96-14-13-95/h9-12,95H,2-8,13-92H2,1H3. The molecule has 0 atom stereocenters. The Kier molecular flexibility index (Phi) is 120. The van der Waals surface area contributed by atoms with Gasteiger partial charge in [-0.25, -0.2) is 0 Å². The van der Waals surface area contributed by atoms with Crippen LogP contribution < -0.4 is 4.74 Å². The summed E-state index contributed by atoms with van der Waals surface area (Å²) >= 11 is 0. The normalized spacial score (nSPS) is 11.8. The third kappa shape index (κ3) is 118. The molecule has 0 saturated heterocycles. The fourth-order valence-electron chi connectivity index (χ4n) is 10.6. The molecule has 1 aromatic carbocycles. The van der Waals surface area contributed by atoms with Gasteiger partial charge in [-0.15, -0.1) is 0 Å². The Morgan fingerprint density at radius 3 is 0.370 bits per heavy atom. The van der Waals surface area contributed by atoms with Crippen molar-refractivity contribution < 1.29 is 195 Å². The lowest BCUT2D eigenvalue weighted by atomic mass is 10.0. The molecule has 0 spiro atoms. The van der Waals surface area contributed by atoms with Crippen LogP contribution >= 0.6 is 0 Å². The highest BCUT2D eigenvalue weighted by Crippen LogP contribution is 2.15. The maximum absolute atomic E-state index is 8.63. The van der Waals surface area contributed by atoms with E-state index >= 15 is 0 Å². The van der Waals surface area contributed by atoms with E-state index in [0.717, 1.165) is 12.2 Å². The summed E-state index contributed by atoms with van der Waals surface area (Å²) in [6.45, 7) is 40.2. The maximum Gasteiger partial charge on any atom is 0.119 e. The van der Waals surface area contributed by atoms with Crippen molar-refractivity contribution in [1.82, 2.24) is 0 Å². The number of aliphatic hydroxyl groups excluding tert-OH is 1. The van der Waals surface area contributed by atoms with Crippen molar-refractivity contribution in [1.29, 1.82) is 0 Å². The first-order valence-corrected chi connectivity index (χ1v) is 49.2. The second kappa shape index (κ2) is 124. The van der Waals surface area contributed by atoms with E-state index in [1.165, 1.54) is 44.1 Å². The minimum absolute atomic E-state index is 0.0148.